The molecular weight excluding hydrogens is 486 g/mol. The Bertz CT molecular complexity index is 944. The van der Waals surface area contributed by atoms with Gasteiger partial charge in [0.2, 0.25) is 5.96 Å². The van der Waals surface area contributed by atoms with Gasteiger partial charge in [-0.05, 0) is 128 Å². The molecule has 0 amide bonds. The van der Waals surface area contributed by atoms with E-state index in [9.17, 15) is 5.11 Å². The molecule has 204 valence electrons. The summed E-state index contributed by atoms with van der Waals surface area (Å²) in [7, 11) is 2.23. The summed E-state index contributed by atoms with van der Waals surface area (Å²) in [5, 5.41) is 17.3. The highest BCUT2D eigenvalue weighted by Gasteiger charge is 2.27. The van der Waals surface area contributed by atoms with E-state index in [0.717, 1.165) is 69.0 Å². The van der Waals surface area contributed by atoms with Gasteiger partial charge in [-0.25, -0.2) is 9.98 Å². The molecule has 37 heavy (non-hydrogen) atoms. The number of aromatic nitrogens is 1. The second-order valence-electron chi connectivity index (χ2n) is 11.1. The monoisotopic (exact) mass is 529 g/mol. The first-order valence-electron chi connectivity index (χ1n) is 13.9. The zero-order valence-electron chi connectivity index (χ0n) is 22.5. The quantitative estimate of drug-likeness (QED) is 0.276. The molecule has 0 aromatic carbocycles. The number of hydrogen-bond acceptors (Lipinski definition) is 6. The smallest absolute Gasteiger partial charge is 0.228 e. The number of aliphatic imine (C=N–C) groups is 2. The minimum absolute atomic E-state index is 0.188. The average molecular weight is 530 g/mol. The normalized spacial score (nSPS) is 26.0. The molecule has 0 atom stereocenters. The van der Waals surface area contributed by atoms with Gasteiger partial charge in [0.05, 0.1) is 6.10 Å². The maximum atomic E-state index is 9.98. The van der Waals surface area contributed by atoms with E-state index in [1.807, 2.05) is 6.07 Å². The van der Waals surface area contributed by atoms with Crippen LogP contribution in [0.1, 0.15) is 58.3 Å². The summed E-state index contributed by atoms with van der Waals surface area (Å²) < 4.78 is 0. The molecule has 9 heteroatoms. The van der Waals surface area contributed by atoms with Crippen molar-refractivity contribution in [1.82, 2.24) is 20.1 Å². The second-order valence-corrected chi connectivity index (χ2v) is 11.5. The molecular formula is C28H44ClN7O. The van der Waals surface area contributed by atoms with Crippen LogP contribution in [0.3, 0.4) is 0 Å². The van der Waals surface area contributed by atoms with Crippen LogP contribution in [0.2, 0.25) is 5.15 Å². The fourth-order valence-corrected chi connectivity index (χ4v) is 5.99. The molecule has 0 bridgehead atoms. The van der Waals surface area contributed by atoms with Crippen molar-refractivity contribution < 1.29 is 5.11 Å². The van der Waals surface area contributed by atoms with E-state index in [2.05, 4.69) is 51.1 Å². The molecule has 1 saturated carbocycles. The van der Waals surface area contributed by atoms with Crippen LogP contribution >= 0.6 is 11.6 Å². The Hall–Kier alpha value is -2.00. The number of allylic oxidation sites excluding steroid dienone is 1. The maximum absolute atomic E-state index is 9.98. The zero-order chi connectivity index (χ0) is 26.2. The number of aliphatic hydroxyl groups excluding tert-OH is 1. The Balaban J connectivity index is 1.45. The molecule has 3 aliphatic rings. The van der Waals surface area contributed by atoms with Crippen molar-refractivity contribution in [2.45, 2.75) is 70.4 Å². The lowest BCUT2D eigenvalue weighted by Gasteiger charge is -2.37. The highest BCUT2D eigenvalue weighted by atomic mass is 35.5. The van der Waals surface area contributed by atoms with Gasteiger partial charge in [0, 0.05) is 24.5 Å². The minimum atomic E-state index is -0.188. The van der Waals surface area contributed by atoms with E-state index in [1.54, 1.807) is 12.3 Å². The first kappa shape index (κ1) is 28.0. The van der Waals surface area contributed by atoms with Crippen LogP contribution in [0.4, 0.5) is 5.69 Å². The molecule has 0 unspecified atom stereocenters. The Morgan fingerprint density at radius 1 is 1.11 bits per heavy atom. The lowest BCUT2D eigenvalue weighted by atomic mass is 9.88. The Morgan fingerprint density at radius 2 is 1.81 bits per heavy atom. The van der Waals surface area contributed by atoms with Gasteiger partial charge in [0.1, 0.15) is 11.0 Å². The van der Waals surface area contributed by atoms with Crippen LogP contribution in [0.25, 0.3) is 0 Å². The second kappa shape index (κ2) is 13.7. The van der Waals surface area contributed by atoms with Crippen molar-refractivity contribution >= 4 is 30.0 Å². The van der Waals surface area contributed by atoms with Gasteiger partial charge in [0.25, 0.3) is 0 Å². The fourth-order valence-electron chi connectivity index (χ4n) is 5.82. The van der Waals surface area contributed by atoms with Crippen molar-refractivity contribution in [2.75, 3.05) is 45.1 Å². The Kier molecular flexibility index (Phi) is 10.4. The zero-order valence-corrected chi connectivity index (χ0v) is 23.3. The molecule has 0 spiro atoms. The van der Waals surface area contributed by atoms with Crippen LogP contribution in [-0.2, 0) is 0 Å². The van der Waals surface area contributed by atoms with Crippen LogP contribution in [0.5, 0.6) is 0 Å². The number of likely N-dealkylation sites (tertiary alicyclic amines) is 2. The highest BCUT2D eigenvalue weighted by Crippen LogP contribution is 2.29. The molecule has 3 heterocycles. The van der Waals surface area contributed by atoms with Crippen molar-refractivity contribution in [3.8, 4) is 0 Å². The van der Waals surface area contributed by atoms with E-state index >= 15 is 0 Å². The number of guanidine groups is 1. The fraction of sp³-hybridized carbons (Fsp3) is 0.679. The minimum Gasteiger partial charge on any atom is -0.393 e. The number of rotatable bonds is 7. The molecule has 3 fully saturated rings. The number of nitrogens with one attached hydrogen (secondary N) is 2. The number of aliphatic hydroxyl groups is 1. The number of pyridine rings is 1. The lowest BCUT2D eigenvalue weighted by Crippen LogP contribution is -2.41. The summed E-state index contributed by atoms with van der Waals surface area (Å²) in [5.41, 5.74) is 2.05. The number of halogens is 1. The van der Waals surface area contributed by atoms with E-state index < -0.39 is 0 Å². The SMILES string of the molecule is C=NC(=N/C(NC1CCC(O)CC1)=C(\C)C1CCN(CC2CCN(C)CC2)CC1)Nc1ccnc(Cl)c1. The van der Waals surface area contributed by atoms with E-state index in [-0.39, 0.29) is 6.10 Å². The number of anilines is 1. The van der Waals surface area contributed by atoms with Crippen LogP contribution in [0.15, 0.2) is 39.7 Å². The maximum Gasteiger partial charge on any atom is 0.228 e. The predicted molar refractivity (Wildman–Crippen MR) is 153 cm³/mol. The third kappa shape index (κ3) is 8.50. The van der Waals surface area contributed by atoms with Crippen molar-refractivity contribution in [3.05, 3.63) is 34.9 Å². The van der Waals surface area contributed by atoms with Crippen molar-refractivity contribution in [2.24, 2.45) is 21.8 Å². The van der Waals surface area contributed by atoms with Gasteiger partial charge in [-0.3, -0.25) is 0 Å². The van der Waals surface area contributed by atoms with Gasteiger partial charge in [0.15, 0.2) is 0 Å². The number of nitrogens with zero attached hydrogens (tertiary/aromatic N) is 5. The molecule has 8 nitrogen and oxygen atoms in total. The molecule has 3 N–H and O–H groups in total. The Labute approximate surface area is 227 Å². The van der Waals surface area contributed by atoms with E-state index in [0.29, 0.717) is 23.1 Å². The summed E-state index contributed by atoms with van der Waals surface area (Å²) in [6, 6.07) is 3.87. The molecule has 2 saturated heterocycles. The molecule has 1 aromatic rings. The standard InChI is InChI=1S/C28H44ClN7O/c1-20(22-11-16-36(17-12-22)19-21-9-14-35(3)15-10-21)27(32-23-4-6-25(37)7-5-23)34-28(30-2)33-24-8-13-31-26(29)18-24/h8,13,18,21-23,25,32,37H,2,4-7,9-12,14-17,19H2,1,3H3,(H,31,33,34)/b27-20+. The predicted octanol–water partition coefficient (Wildman–Crippen LogP) is 4.38. The van der Waals surface area contributed by atoms with Gasteiger partial charge >= 0.3 is 0 Å². The largest absolute Gasteiger partial charge is 0.393 e. The first-order chi connectivity index (χ1) is 17.9. The van der Waals surface area contributed by atoms with Crippen molar-refractivity contribution in [3.63, 3.8) is 0 Å². The summed E-state index contributed by atoms with van der Waals surface area (Å²) in [5.74, 6) is 2.63. The third-order valence-electron chi connectivity index (χ3n) is 8.32. The third-order valence-corrected chi connectivity index (χ3v) is 8.52. The summed E-state index contributed by atoms with van der Waals surface area (Å²) in [4.78, 5) is 18.3. The lowest BCUT2D eigenvalue weighted by molar-refractivity contribution is 0.118. The van der Waals surface area contributed by atoms with E-state index in [4.69, 9.17) is 16.6 Å². The summed E-state index contributed by atoms with van der Waals surface area (Å²) in [6.45, 7) is 11.9. The Morgan fingerprint density at radius 3 is 2.46 bits per heavy atom. The topological polar surface area (TPSA) is 88.4 Å². The van der Waals surface area contributed by atoms with Crippen LogP contribution < -0.4 is 10.6 Å². The molecule has 4 rings (SSSR count). The number of piperidine rings is 2. The van der Waals surface area contributed by atoms with Gasteiger partial charge < -0.3 is 25.5 Å². The molecule has 2 aliphatic heterocycles. The molecule has 1 aromatic heterocycles. The number of hydrogen-bond donors (Lipinski definition) is 3. The van der Waals surface area contributed by atoms with Crippen molar-refractivity contribution in [1.29, 1.82) is 0 Å². The highest BCUT2D eigenvalue weighted by molar-refractivity contribution is 6.29. The summed E-state index contributed by atoms with van der Waals surface area (Å²) in [6.07, 6.45) is 9.92. The van der Waals surface area contributed by atoms with Gasteiger partial charge in [-0.1, -0.05) is 11.6 Å². The molecule has 1 aliphatic carbocycles. The molecule has 0 radical (unpaired) electrons. The van der Waals surface area contributed by atoms with Gasteiger partial charge in [-0.2, -0.15) is 4.99 Å². The summed E-state index contributed by atoms with van der Waals surface area (Å²) >= 11 is 6.06. The van der Waals surface area contributed by atoms with Crippen LogP contribution in [-0.4, -0.2) is 84.5 Å². The van der Waals surface area contributed by atoms with E-state index in [1.165, 1.54) is 38.0 Å². The first-order valence-corrected chi connectivity index (χ1v) is 14.3. The van der Waals surface area contributed by atoms with Crippen LogP contribution in [0, 0.1) is 11.8 Å². The van der Waals surface area contributed by atoms with Gasteiger partial charge in [-0.15, -0.1) is 0 Å². The average Bonchev–Trinajstić information content (AvgIpc) is 2.90.